The number of hydrogen-bond donors (Lipinski definition) is 1. The van der Waals surface area contributed by atoms with E-state index in [1.807, 2.05) is 20.8 Å². The average Bonchev–Trinajstić information content (AvgIpc) is 2.19. The molecule has 0 amide bonds. The number of rotatable bonds is 6. The van der Waals surface area contributed by atoms with Crippen molar-refractivity contribution < 1.29 is 19.1 Å². The van der Waals surface area contributed by atoms with E-state index in [4.69, 9.17) is 14.3 Å². The number of aliphatic hydroxyl groups excluding tert-OH is 1. The molecule has 0 heterocycles. The molecule has 4 nitrogen and oxygen atoms in total. The van der Waals surface area contributed by atoms with Gasteiger partial charge in [-0.3, -0.25) is 0 Å². The Kier molecular flexibility index (Phi) is 6.91. The van der Waals surface area contributed by atoms with Crippen LogP contribution in [0.15, 0.2) is 0 Å². The van der Waals surface area contributed by atoms with Crippen LogP contribution in [0.25, 0.3) is 0 Å². The fourth-order valence-corrected chi connectivity index (χ4v) is 2.68. The Morgan fingerprint density at radius 2 is 1.65 bits per heavy atom. The lowest BCUT2D eigenvalue weighted by Crippen LogP contribution is -2.47. The van der Waals surface area contributed by atoms with Crippen molar-refractivity contribution in [1.82, 2.24) is 0 Å². The first-order valence-electron chi connectivity index (χ1n) is 7.32. The van der Waals surface area contributed by atoms with Crippen molar-refractivity contribution in [2.45, 2.75) is 84.2 Å². The van der Waals surface area contributed by atoms with Crippen molar-refractivity contribution in [2.24, 2.45) is 0 Å². The van der Waals surface area contributed by atoms with Gasteiger partial charge in [-0.05, 0) is 51.7 Å². The Balaban J connectivity index is 4.94. The summed E-state index contributed by atoms with van der Waals surface area (Å²) in [5.74, 6) is -0.323. The zero-order chi connectivity index (χ0) is 16.2. The average molecular weight is 305 g/mol. The van der Waals surface area contributed by atoms with Crippen molar-refractivity contribution in [3.8, 4) is 0 Å². The zero-order valence-electron chi connectivity index (χ0n) is 14.4. The molecule has 0 aromatic heterocycles. The maximum Gasteiger partial charge on any atom is 0.334 e. The van der Waals surface area contributed by atoms with E-state index in [2.05, 4.69) is 33.9 Å². The number of carbonyl (C=O) groups is 1. The molecule has 0 aliphatic heterocycles. The first-order chi connectivity index (χ1) is 8.80. The third-order valence-electron chi connectivity index (χ3n) is 3.54. The van der Waals surface area contributed by atoms with E-state index in [1.165, 1.54) is 0 Å². The highest BCUT2D eigenvalue weighted by Crippen LogP contribution is 2.38. The molecule has 0 saturated heterocycles. The van der Waals surface area contributed by atoms with Gasteiger partial charge in [0, 0.05) is 6.61 Å². The van der Waals surface area contributed by atoms with Gasteiger partial charge in [0.25, 0.3) is 0 Å². The molecule has 0 aliphatic carbocycles. The van der Waals surface area contributed by atoms with Gasteiger partial charge in [0.2, 0.25) is 0 Å². The number of aliphatic hydroxyl groups is 1. The predicted octanol–water partition coefficient (Wildman–Crippen LogP) is 3.49. The molecule has 120 valence electrons. The molecule has 0 aromatic rings. The van der Waals surface area contributed by atoms with Crippen molar-refractivity contribution in [3.05, 3.63) is 0 Å². The summed E-state index contributed by atoms with van der Waals surface area (Å²) in [5.41, 5.74) is -0.522. The summed E-state index contributed by atoms with van der Waals surface area (Å²) in [6, 6.07) is 0. The second kappa shape index (κ2) is 7.05. The van der Waals surface area contributed by atoms with Gasteiger partial charge in [-0.1, -0.05) is 20.8 Å². The molecule has 1 N–H and O–H groups in total. The molecule has 0 aliphatic rings. The minimum Gasteiger partial charge on any atom is -0.458 e. The standard InChI is InChI=1S/C15H32O4Si/c1-14(2,3)18-13(17)12(10-9-11-16)19-20(7,8)15(4,5)6/h12,16H,9-11H2,1-8H3/t12-/m1/s1. The van der Waals surface area contributed by atoms with E-state index >= 15 is 0 Å². The lowest BCUT2D eigenvalue weighted by atomic mass is 10.1. The fraction of sp³-hybridized carbons (Fsp3) is 0.933. The molecule has 0 fully saturated rings. The van der Waals surface area contributed by atoms with Crippen LogP contribution in [-0.2, 0) is 14.0 Å². The molecular formula is C15H32O4Si. The van der Waals surface area contributed by atoms with Gasteiger partial charge < -0.3 is 14.3 Å². The van der Waals surface area contributed by atoms with Crippen LogP contribution in [0.2, 0.25) is 18.1 Å². The summed E-state index contributed by atoms with van der Waals surface area (Å²) in [4.78, 5) is 12.3. The topological polar surface area (TPSA) is 55.8 Å². The monoisotopic (exact) mass is 304 g/mol. The van der Waals surface area contributed by atoms with Crippen molar-refractivity contribution in [2.75, 3.05) is 6.61 Å². The number of ether oxygens (including phenoxy) is 1. The smallest absolute Gasteiger partial charge is 0.334 e. The SMILES string of the molecule is CC(C)(C)OC(=O)[C@@H](CCCO)O[Si](C)(C)C(C)(C)C. The minimum atomic E-state index is -2.04. The second-order valence-corrected chi connectivity index (χ2v) is 12.5. The van der Waals surface area contributed by atoms with Gasteiger partial charge >= 0.3 is 5.97 Å². The van der Waals surface area contributed by atoms with Crippen molar-refractivity contribution >= 4 is 14.3 Å². The zero-order valence-corrected chi connectivity index (χ0v) is 15.4. The van der Waals surface area contributed by atoms with Crippen LogP contribution in [-0.4, -0.2) is 37.7 Å². The summed E-state index contributed by atoms with van der Waals surface area (Å²) in [7, 11) is -2.04. The van der Waals surface area contributed by atoms with E-state index in [0.29, 0.717) is 12.8 Å². The summed E-state index contributed by atoms with van der Waals surface area (Å²) >= 11 is 0. The molecular weight excluding hydrogens is 272 g/mol. The van der Waals surface area contributed by atoms with E-state index in [9.17, 15) is 4.79 Å². The summed E-state index contributed by atoms with van der Waals surface area (Å²) in [5, 5.41) is 9.03. The Hall–Kier alpha value is -0.393. The van der Waals surface area contributed by atoms with Crippen molar-refractivity contribution in [1.29, 1.82) is 0 Å². The fourth-order valence-electron chi connectivity index (χ4n) is 1.40. The number of hydrogen-bond acceptors (Lipinski definition) is 4. The van der Waals surface area contributed by atoms with Gasteiger partial charge in [0.05, 0.1) is 0 Å². The Bertz CT molecular complexity index is 313. The summed E-state index contributed by atoms with van der Waals surface area (Å²) in [6.45, 7) is 16.2. The van der Waals surface area contributed by atoms with Crippen LogP contribution in [0.1, 0.15) is 54.4 Å². The van der Waals surface area contributed by atoms with Gasteiger partial charge in [-0.25, -0.2) is 4.79 Å². The molecule has 0 spiro atoms. The molecule has 0 aromatic carbocycles. The van der Waals surface area contributed by atoms with Gasteiger partial charge in [0.15, 0.2) is 8.32 Å². The summed E-state index contributed by atoms with van der Waals surface area (Å²) in [6.07, 6.45) is 0.457. The highest BCUT2D eigenvalue weighted by atomic mass is 28.4. The largest absolute Gasteiger partial charge is 0.458 e. The van der Waals surface area contributed by atoms with Crippen LogP contribution in [0.5, 0.6) is 0 Å². The summed E-state index contributed by atoms with van der Waals surface area (Å²) < 4.78 is 11.6. The van der Waals surface area contributed by atoms with E-state index in [-0.39, 0.29) is 17.6 Å². The van der Waals surface area contributed by atoms with Gasteiger partial charge in [0.1, 0.15) is 11.7 Å². The van der Waals surface area contributed by atoms with E-state index in [0.717, 1.165) is 0 Å². The normalized spacial score (nSPS) is 15.1. The molecule has 0 rings (SSSR count). The lowest BCUT2D eigenvalue weighted by molar-refractivity contribution is -0.164. The van der Waals surface area contributed by atoms with Crippen LogP contribution in [0, 0.1) is 0 Å². The highest BCUT2D eigenvalue weighted by Gasteiger charge is 2.41. The van der Waals surface area contributed by atoms with Crippen LogP contribution in [0.3, 0.4) is 0 Å². The van der Waals surface area contributed by atoms with Gasteiger partial charge in [-0.2, -0.15) is 0 Å². The molecule has 20 heavy (non-hydrogen) atoms. The van der Waals surface area contributed by atoms with Crippen molar-refractivity contribution in [3.63, 3.8) is 0 Å². The quantitative estimate of drug-likeness (QED) is 0.603. The lowest BCUT2D eigenvalue weighted by Gasteiger charge is -2.39. The number of esters is 1. The molecule has 5 heteroatoms. The molecule has 1 atom stereocenters. The Morgan fingerprint density at radius 1 is 1.15 bits per heavy atom. The van der Waals surface area contributed by atoms with Crippen LogP contribution >= 0.6 is 0 Å². The first kappa shape index (κ1) is 19.6. The predicted molar refractivity (Wildman–Crippen MR) is 84.2 cm³/mol. The molecule has 0 saturated carbocycles. The van der Waals surface area contributed by atoms with E-state index in [1.54, 1.807) is 0 Å². The van der Waals surface area contributed by atoms with Crippen LogP contribution in [0.4, 0.5) is 0 Å². The minimum absolute atomic E-state index is 0.0342. The molecule has 0 unspecified atom stereocenters. The third kappa shape index (κ3) is 6.86. The third-order valence-corrected chi connectivity index (χ3v) is 8.02. The second-order valence-electron chi connectivity index (χ2n) is 7.77. The molecule has 0 radical (unpaired) electrons. The first-order valence-corrected chi connectivity index (χ1v) is 10.2. The van der Waals surface area contributed by atoms with Crippen LogP contribution < -0.4 is 0 Å². The van der Waals surface area contributed by atoms with Gasteiger partial charge in [-0.15, -0.1) is 0 Å². The maximum absolute atomic E-state index is 12.3. The number of carbonyl (C=O) groups excluding carboxylic acids is 1. The Morgan fingerprint density at radius 3 is 2.00 bits per heavy atom. The maximum atomic E-state index is 12.3. The highest BCUT2D eigenvalue weighted by molar-refractivity contribution is 6.74. The Labute approximate surface area is 125 Å². The molecule has 0 bridgehead atoms. The van der Waals surface area contributed by atoms with E-state index < -0.39 is 20.0 Å².